The van der Waals surface area contributed by atoms with Crippen LogP contribution >= 0.6 is 0 Å². The summed E-state index contributed by atoms with van der Waals surface area (Å²) in [5, 5.41) is 18.0. The lowest BCUT2D eigenvalue weighted by Gasteiger charge is -2.29. The summed E-state index contributed by atoms with van der Waals surface area (Å²) in [5.74, 6) is 0.440. The number of nitrogens with two attached hydrogens (primary N) is 1. The second-order valence-electron chi connectivity index (χ2n) is 2.68. The first-order valence-corrected chi connectivity index (χ1v) is 3.57. The summed E-state index contributed by atoms with van der Waals surface area (Å²) >= 11 is 0. The predicted octanol–water partition coefficient (Wildman–Crippen LogP) is -1.03. The second-order valence-corrected chi connectivity index (χ2v) is 2.68. The first-order valence-electron chi connectivity index (χ1n) is 3.57. The molecule has 0 aromatic carbocycles. The van der Waals surface area contributed by atoms with E-state index in [2.05, 4.69) is 0 Å². The largest absolute Gasteiger partial charge is 0.490 e. The number of rotatable bonds is 1. The molecule has 0 aliphatic carbocycles. The van der Waals surface area contributed by atoms with Gasteiger partial charge in [-0.2, -0.15) is 0 Å². The zero-order valence-electron chi connectivity index (χ0n) is 6.40. The molecule has 1 aliphatic heterocycles. The average Bonchev–Trinajstić information content (AvgIpc) is 1.99. The molecule has 3 atom stereocenters. The van der Waals surface area contributed by atoms with E-state index in [1.165, 1.54) is 6.08 Å². The third-order valence-corrected chi connectivity index (χ3v) is 1.75. The van der Waals surface area contributed by atoms with E-state index in [4.69, 9.17) is 15.6 Å². The van der Waals surface area contributed by atoms with E-state index in [1.807, 2.05) is 0 Å². The minimum Gasteiger partial charge on any atom is -0.490 e. The van der Waals surface area contributed by atoms with E-state index >= 15 is 0 Å². The fraction of sp³-hybridized carbons (Fsp3) is 0.714. The van der Waals surface area contributed by atoms with Gasteiger partial charge in [-0.1, -0.05) is 0 Å². The van der Waals surface area contributed by atoms with Crippen LogP contribution in [0.1, 0.15) is 6.92 Å². The highest BCUT2D eigenvalue weighted by Gasteiger charge is 2.27. The molecule has 64 valence electrons. The fourth-order valence-electron chi connectivity index (χ4n) is 1.06. The zero-order valence-corrected chi connectivity index (χ0v) is 6.40. The summed E-state index contributed by atoms with van der Waals surface area (Å²) < 4.78 is 5.10. The molecule has 0 unspecified atom stereocenters. The number of aliphatic hydroxyl groups is 2. The Balaban J connectivity index is 2.68. The van der Waals surface area contributed by atoms with Gasteiger partial charge in [-0.15, -0.1) is 0 Å². The number of hydrogen-bond acceptors (Lipinski definition) is 4. The van der Waals surface area contributed by atoms with Gasteiger partial charge >= 0.3 is 0 Å². The van der Waals surface area contributed by atoms with E-state index in [0.29, 0.717) is 5.76 Å². The number of ether oxygens (including phenoxy) is 1. The van der Waals surface area contributed by atoms with Crippen molar-refractivity contribution in [1.82, 2.24) is 0 Å². The van der Waals surface area contributed by atoms with Gasteiger partial charge in [-0.05, 0) is 13.0 Å². The lowest BCUT2D eigenvalue weighted by molar-refractivity contribution is -0.0232. The van der Waals surface area contributed by atoms with Gasteiger partial charge in [0.1, 0.15) is 24.6 Å². The van der Waals surface area contributed by atoms with E-state index in [9.17, 15) is 5.11 Å². The molecule has 1 rings (SSSR count). The van der Waals surface area contributed by atoms with Crippen molar-refractivity contribution in [2.75, 3.05) is 6.61 Å². The Labute approximate surface area is 65.3 Å². The zero-order chi connectivity index (χ0) is 8.43. The lowest BCUT2D eigenvalue weighted by atomic mass is 10.0. The fourth-order valence-corrected chi connectivity index (χ4v) is 1.06. The molecule has 0 amide bonds. The summed E-state index contributed by atoms with van der Waals surface area (Å²) in [6.07, 6.45) is 0.521. The van der Waals surface area contributed by atoms with Crippen molar-refractivity contribution in [2.24, 2.45) is 5.73 Å². The molecular formula is C7H13NO3. The quantitative estimate of drug-likeness (QED) is 0.457. The normalized spacial score (nSPS) is 37.8. The minimum absolute atomic E-state index is 0.162. The Morgan fingerprint density at radius 3 is 2.82 bits per heavy atom. The topological polar surface area (TPSA) is 75.7 Å². The number of aliphatic hydroxyl groups excluding tert-OH is 2. The molecule has 0 bridgehead atoms. The molecule has 0 spiro atoms. The van der Waals surface area contributed by atoms with Gasteiger partial charge in [-0.25, -0.2) is 0 Å². The second kappa shape index (κ2) is 3.21. The van der Waals surface area contributed by atoms with Gasteiger partial charge in [0.05, 0.1) is 6.04 Å². The monoisotopic (exact) mass is 159 g/mol. The summed E-state index contributed by atoms with van der Waals surface area (Å²) in [6, 6.07) is -0.430. The molecule has 0 fully saturated rings. The van der Waals surface area contributed by atoms with Crippen molar-refractivity contribution in [3.8, 4) is 0 Å². The third-order valence-electron chi connectivity index (χ3n) is 1.75. The average molecular weight is 159 g/mol. The van der Waals surface area contributed by atoms with Crippen LogP contribution in [-0.4, -0.2) is 35.1 Å². The molecule has 1 aliphatic rings. The van der Waals surface area contributed by atoms with Gasteiger partial charge in [-0.3, -0.25) is 0 Å². The van der Waals surface area contributed by atoms with Gasteiger partial charge in [0.2, 0.25) is 0 Å². The molecule has 0 saturated heterocycles. The maximum atomic E-state index is 9.28. The highest BCUT2D eigenvalue weighted by atomic mass is 16.5. The minimum atomic E-state index is -0.676. The van der Waals surface area contributed by atoms with Crippen LogP contribution in [0.4, 0.5) is 0 Å². The van der Waals surface area contributed by atoms with E-state index in [0.717, 1.165) is 0 Å². The first-order chi connectivity index (χ1) is 5.15. The van der Waals surface area contributed by atoms with Crippen molar-refractivity contribution in [1.29, 1.82) is 0 Å². The van der Waals surface area contributed by atoms with Crippen LogP contribution in [0.5, 0.6) is 0 Å². The summed E-state index contributed by atoms with van der Waals surface area (Å²) in [6.45, 7) is 1.55. The standard InChI is InChI=1S/C7H13NO3/c1-4-7(10)6(8)2-5(3-9)11-4/h2,4,6-7,9-10H,3,8H2,1H3/t4-,6+,7+/m1/s1. The smallest absolute Gasteiger partial charge is 0.123 e. The van der Waals surface area contributed by atoms with Gasteiger partial charge in [0.15, 0.2) is 0 Å². The van der Waals surface area contributed by atoms with E-state index in [1.54, 1.807) is 6.92 Å². The van der Waals surface area contributed by atoms with Crippen molar-refractivity contribution >= 4 is 0 Å². The van der Waals surface area contributed by atoms with Crippen LogP contribution < -0.4 is 5.73 Å². The van der Waals surface area contributed by atoms with Crippen LogP contribution in [0.25, 0.3) is 0 Å². The highest BCUT2D eigenvalue weighted by Crippen LogP contribution is 2.15. The van der Waals surface area contributed by atoms with Crippen molar-refractivity contribution in [3.63, 3.8) is 0 Å². The summed E-state index contributed by atoms with van der Waals surface area (Å²) in [7, 11) is 0. The van der Waals surface area contributed by atoms with Crippen LogP contribution in [0.2, 0.25) is 0 Å². The van der Waals surface area contributed by atoms with Crippen LogP contribution in [0.15, 0.2) is 11.8 Å². The maximum absolute atomic E-state index is 9.28. The molecule has 0 aromatic rings. The Kier molecular flexibility index (Phi) is 2.49. The van der Waals surface area contributed by atoms with Crippen molar-refractivity contribution < 1.29 is 14.9 Å². The molecule has 11 heavy (non-hydrogen) atoms. The predicted molar refractivity (Wildman–Crippen MR) is 39.7 cm³/mol. The first kappa shape index (κ1) is 8.52. The molecule has 1 heterocycles. The Morgan fingerprint density at radius 2 is 2.36 bits per heavy atom. The maximum Gasteiger partial charge on any atom is 0.123 e. The molecule has 4 nitrogen and oxygen atoms in total. The Bertz CT molecular complexity index is 169. The SMILES string of the molecule is C[C@H]1OC(CO)=C[C@H](N)[C@H]1O. The van der Waals surface area contributed by atoms with Gasteiger partial charge < -0.3 is 20.7 Å². The lowest BCUT2D eigenvalue weighted by Crippen LogP contribution is -2.45. The molecule has 4 heteroatoms. The third kappa shape index (κ3) is 1.71. The summed E-state index contributed by atoms with van der Waals surface area (Å²) in [4.78, 5) is 0. The Hall–Kier alpha value is -0.580. The highest BCUT2D eigenvalue weighted by molar-refractivity contribution is 5.07. The molecule has 0 saturated carbocycles. The van der Waals surface area contributed by atoms with Crippen LogP contribution in [0.3, 0.4) is 0 Å². The molecule has 0 radical (unpaired) electrons. The molecule has 0 aromatic heterocycles. The molecule has 4 N–H and O–H groups in total. The molecular weight excluding hydrogens is 146 g/mol. The summed E-state index contributed by atoms with van der Waals surface area (Å²) in [5.41, 5.74) is 5.52. The van der Waals surface area contributed by atoms with Crippen LogP contribution in [-0.2, 0) is 4.74 Å². The van der Waals surface area contributed by atoms with Gasteiger partial charge in [0.25, 0.3) is 0 Å². The van der Waals surface area contributed by atoms with E-state index in [-0.39, 0.29) is 12.7 Å². The Morgan fingerprint density at radius 1 is 1.73 bits per heavy atom. The van der Waals surface area contributed by atoms with Gasteiger partial charge in [0, 0.05) is 0 Å². The van der Waals surface area contributed by atoms with Crippen LogP contribution in [0, 0.1) is 0 Å². The van der Waals surface area contributed by atoms with Crippen molar-refractivity contribution in [3.05, 3.63) is 11.8 Å². The van der Waals surface area contributed by atoms with E-state index < -0.39 is 12.1 Å². The number of hydrogen-bond donors (Lipinski definition) is 3. The van der Waals surface area contributed by atoms with Crippen molar-refractivity contribution in [2.45, 2.75) is 25.2 Å².